The summed E-state index contributed by atoms with van der Waals surface area (Å²) in [5.74, 6) is 2.30. The molecule has 0 bridgehead atoms. The third-order valence-corrected chi connectivity index (χ3v) is 4.15. The first kappa shape index (κ1) is 15.0. The third kappa shape index (κ3) is 3.38. The molecule has 0 saturated heterocycles. The predicted molar refractivity (Wildman–Crippen MR) is 83.8 cm³/mol. The van der Waals surface area contributed by atoms with Crippen LogP contribution in [0.1, 0.15) is 40.5 Å². The topological polar surface area (TPSA) is 30.5 Å². The van der Waals surface area contributed by atoms with Crippen molar-refractivity contribution in [2.45, 2.75) is 46.6 Å². The summed E-state index contributed by atoms with van der Waals surface area (Å²) in [5, 5.41) is 3.65. The van der Waals surface area contributed by atoms with Crippen molar-refractivity contribution in [2.24, 2.45) is 11.3 Å². The summed E-state index contributed by atoms with van der Waals surface area (Å²) < 4.78 is 11.0. The van der Waals surface area contributed by atoms with Gasteiger partial charge in [0, 0.05) is 17.8 Å². The number of hydrogen-bond donors (Lipinski definition) is 1. The van der Waals surface area contributed by atoms with Gasteiger partial charge in [-0.1, -0.05) is 20.8 Å². The summed E-state index contributed by atoms with van der Waals surface area (Å²) in [5.41, 5.74) is 1.55. The number of benzene rings is 1. The van der Waals surface area contributed by atoms with Gasteiger partial charge in [-0.25, -0.2) is 0 Å². The third-order valence-electron chi connectivity index (χ3n) is 4.15. The van der Waals surface area contributed by atoms with Gasteiger partial charge in [0.2, 0.25) is 0 Å². The van der Waals surface area contributed by atoms with E-state index in [4.69, 9.17) is 9.47 Å². The first-order chi connectivity index (χ1) is 9.45. The van der Waals surface area contributed by atoms with E-state index in [1.165, 1.54) is 12.8 Å². The maximum Gasteiger partial charge on any atom is 0.162 e. The molecule has 2 rings (SSSR count). The van der Waals surface area contributed by atoms with Gasteiger partial charge in [0.1, 0.15) is 0 Å². The predicted octanol–water partition coefficient (Wildman–Crippen LogP) is 4.33. The Bertz CT molecular complexity index is 456. The molecule has 2 atom stereocenters. The van der Waals surface area contributed by atoms with Gasteiger partial charge in [-0.2, -0.15) is 0 Å². The molecule has 0 aromatic heterocycles. The van der Waals surface area contributed by atoms with Crippen LogP contribution in [0.5, 0.6) is 11.5 Å². The van der Waals surface area contributed by atoms with Crippen LogP contribution in [0, 0.1) is 11.3 Å². The Hall–Kier alpha value is -1.38. The standard InChI is InChI=1S/C17H27NO2/c1-6-20-15-8-7-13(9-16(15)19-5)18-14-11-17(3,4)10-12(14)2/h7-9,12,14,18H,6,10-11H2,1-5H3. The van der Waals surface area contributed by atoms with Gasteiger partial charge < -0.3 is 14.8 Å². The Labute approximate surface area is 122 Å². The van der Waals surface area contributed by atoms with Crippen LogP contribution in [0.2, 0.25) is 0 Å². The molecule has 0 heterocycles. The highest BCUT2D eigenvalue weighted by atomic mass is 16.5. The molecule has 2 unspecified atom stereocenters. The Morgan fingerprint density at radius 2 is 2.00 bits per heavy atom. The first-order valence-corrected chi connectivity index (χ1v) is 7.52. The molecule has 1 saturated carbocycles. The van der Waals surface area contributed by atoms with E-state index in [-0.39, 0.29) is 0 Å². The van der Waals surface area contributed by atoms with E-state index >= 15 is 0 Å². The molecule has 0 spiro atoms. The zero-order valence-electron chi connectivity index (χ0n) is 13.3. The van der Waals surface area contributed by atoms with Crippen LogP contribution in [0.3, 0.4) is 0 Å². The van der Waals surface area contributed by atoms with Crippen LogP contribution < -0.4 is 14.8 Å². The lowest BCUT2D eigenvalue weighted by Crippen LogP contribution is -2.22. The fraction of sp³-hybridized carbons (Fsp3) is 0.647. The molecule has 0 aliphatic heterocycles. The minimum absolute atomic E-state index is 0.437. The number of hydrogen-bond acceptors (Lipinski definition) is 3. The number of ether oxygens (including phenoxy) is 2. The number of rotatable bonds is 5. The highest BCUT2D eigenvalue weighted by Crippen LogP contribution is 2.42. The molecule has 3 heteroatoms. The summed E-state index contributed by atoms with van der Waals surface area (Å²) in [6.45, 7) is 9.66. The van der Waals surface area contributed by atoms with Gasteiger partial charge in [0.15, 0.2) is 11.5 Å². The number of methoxy groups -OCH3 is 1. The van der Waals surface area contributed by atoms with E-state index < -0.39 is 0 Å². The summed E-state index contributed by atoms with van der Waals surface area (Å²) in [4.78, 5) is 0. The largest absolute Gasteiger partial charge is 0.493 e. The fourth-order valence-electron chi connectivity index (χ4n) is 3.33. The van der Waals surface area contributed by atoms with Crippen LogP contribution in [0.4, 0.5) is 5.69 Å². The van der Waals surface area contributed by atoms with Gasteiger partial charge in [-0.05, 0) is 43.2 Å². The van der Waals surface area contributed by atoms with Crippen molar-refractivity contribution in [3.05, 3.63) is 18.2 Å². The second kappa shape index (κ2) is 5.94. The minimum Gasteiger partial charge on any atom is -0.493 e. The summed E-state index contributed by atoms with van der Waals surface area (Å²) in [7, 11) is 1.68. The van der Waals surface area contributed by atoms with Gasteiger partial charge in [0.05, 0.1) is 13.7 Å². The van der Waals surface area contributed by atoms with Gasteiger partial charge >= 0.3 is 0 Å². The lowest BCUT2D eigenvalue weighted by atomic mass is 9.91. The lowest BCUT2D eigenvalue weighted by molar-refractivity contribution is 0.311. The normalized spacial score (nSPS) is 24.4. The van der Waals surface area contributed by atoms with Crippen LogP contribution in [0.15, 0.2) is 18.2 Å². The smallest absolute Gasteiger partial charge is 0.162 e. The van der Waals surface area contributed by atoms with E-state index in [1.54, 1.807) is 7.11 Å². The molecule has 1 N–H and O–H groups in total. The number of nitrogens with one attached hydrogen (secondary N) is 1. The molecule has 1 aliphatic carbocycles. The maximum atomic E-state index is 5.55. The molecule has 20 heavy (non-hydrogen) atoms. The molecule has 1 fully saturated rings. The van der Waals surface area contributed by atoms with Crippen LogP contribution >= 0.6 is 0 Å². The second-order valence-corrected chi connectivity index (χ2v) is 6.60. The van der Waals surface area contributed by atoms with Crippen molar-refractivity contribution < 1.29 is 9.47 Å². The van der Waals surface area contributed by atoms with Crippen LogP contribution in [-0.2, 0) is 0 Å². The molecule has 1 aliphatic rings. The van der Waals surface area contributed by atoms with Gasteiger partial charge in [-0.15, -0.1) is 0 Å². The molecule has 3 nitrogen and oxygen atoms in total. The van der Waals surface area contributed by atoms with Crippen molar-refractivity contribution in [1.82, 2.24) is 0 Å². The van der Waals surface area contributed by atoms with E-state index in [1.807, 2.05) is 19.1 Å². The zero-order chi connectivity index (χ0) is 14.8. The SMILES string of the molecule is CCOc1ccc(NC2CC(C)(C)CC2C)cc1OC. The first-order valence-electron chi connectivity index (χ1n) is 7.52. The highest BCUT2D eigenvalue weighted by molar-refractivity contribution is 5.55. The Morgan fingerprint density at radius 3 is 2.55 bits per heavy atom. The lowest BCUT2D eigenvalue weighted by Gasteiger charge is -2.20. The highest BCUT2D eigenvalue weighted by Gasteiger charge is 2.36. The summed E-state index contributed by atoms with van der Waals surface area (Å²) >= 11 is 0. The van der Waals surface area contributed by atoms with Gasteiger partial charge in [-0.3, -0.25) is 0 Å². The molecule has 0 radical (unpaired) electrons. The maximum absolute atomic E-state index is 5.55. The average Bonchev–Trinajstić information content (AvgIpc) is 2.64. The molecular formula is C17H27NO2. The molecule has 112 valence electrons. The number of anilines is 1. The molecule has 1 aromatic carbocycles. The van der Waals surface area contributed by atoms with E-state index in [0.717, 1.165) is 17.2 Å². The second-order valence-electron chi connectivity index (χ2n) is 6.60. The molecule has 1 aromatic rings. The summed E-state index contributed by atoms with van der Waals surface area (Å²) in [6, 6.07) is 6.62. The van der Waals surface area contributed by atoms with Crippen molar-refractivity contribution in [2.75, 3.05) is 19.0 Å². The Balaban J connectivity index is 2.10. The monoisotopic (exact) mass is 277 g/mol. The fourth-order valence-corrected chi connectivity index (χ4v) is 3.33. The van der Waals surface area contributed by atoms with E-state index in [0.29, 0.717) is 24.0 Å². The van der Waals surface area contributed by atoms with Crippen molar-refractivity contribution in [3.8, 4) is 11.5 Å². The minimum atomic E-state index is 0.437. The molecule has 0 amide bonds. The molecular weight excluding hydrogens is 250 g/mol. The summed E-state index contributed by atoms with van der Waals surface area (Å²) in [6.07, 6.45) is 2.49. The van der Waals surface area contributed by atoms with E-state index in [2.05, 4.69) is 32.2 Å². The van der Waals surface area contributed by atoms with Gasteiger partial charge in [0.25, 0.3) is 0 Å². The van der Waals surface area contributed by atoms with Crippen LogP contribution in [-0.4, -0.2) is 19.8 Å². The van der Waals surface area contributed by atoms with E-state index in [9.17, 15) is 0 Å². The van der Waals surface area contributed by atoms with Crippen molar-refractivity contribution in [1.29, 1.82) is 0 Å². The Morgan fingerprint density at radius 1 is 1.25 bits per heavy atom. The van der Waals surface area contributed by atoms with Crippen LogP contribution in [0.25, 0.3) is 0 Å². The zero-order valence-corrected chi connectivity index (χ0v) is 13.3. The van der Waals surface area contributed by atoms with Crippen molar-refractivity contribution >= 4 is 5.69 Å². The Kier molecular flexibility index (Phi) is 4.46. The average molecular weight is 277 g/mol. The van der Waals surface area contributed by atoms with Crippen molar-refractivity contribution in [3.63, 3.8) is 0 Å². The quantitative estimate of drug-likeness (QED) is 0.869.